The molecular weight excluding hydrogens is 403 g/mol. The van der Waals surface area contributed by atoms with Gasteiger partial charge < -0.3 is 10.3 Å². The molecule has 3 N–H and O–H groups in total. The molecule has 9 heteroatoms. The third-order valence-corrected chi connectivity index (χ3v) is 4.18. The summed E-state index contributed by atoms with van der Waals surface area (Å²) in [6.07, 6.45) is 1.32. The summed E-state index contributed by atoms with van der Waals surface area (Å²) in [6.45, 7) is 0. The Bertz CT molecular complexity index is 945. The van der Waals surface area contributed by atoms with E-state index in [1.807, 2.05) is 0 Å². The van der Waals surface area contributed by atoms with E-state index in [1.54, 1.807) is 18.2 Å². The predicted octanol–water partition coefficient (Wildman–Crippen LogP) is 4.32. The highest BCUT2D eigenvalue weighted by atomic mass is 79.9. The maximum absolute atomic E-state index is 14.8. The number of hydrogen-bond acceptors (Lipinski definition) is 4. The summed E-state index contributed by atoms with van der Waals surface area (Å²) in [7, 11) is 1.16. The van der Waals surface area contributed by atoms with Gasteiger partial charge in [-0.2, -0.15) is 0 Å². The summed E-state index contributed by atoms with van der Waals surface area (Å²) < 4.78 is 15.6. The zero-order valence-corrected chi connectivity index (χ0v) is 14.6. The molecule has 0 aliphatic heterocycles. The molecule has 0 spiro atoms. The Morgan fingerprint density at radius 1 is 1.46 bits per heavy atom. The number of carbonyl (C=O) groups excluding carboxylic acids is 1. The van der Waals surface area contributed by atoms with E-state index >= 15 is 0 Å². The Labute approximate surface area is 149 Å². The summed E-state index contributed by atoms with van der Waals surface area (Å²) in [4.78, 5) is 18.9. The van der Waals surface area contributed by atoms with E-state index in [2.05, 4.69) is 31.2 Å². The molecule has 2 aromatic carbocycles. The summed E-state index contributed by atoms with van der Waals surface area (Å²) in [5, 5.41) is 13.0. The van der Waals surface area contributed by atoms with Crippen LogP contribution in [0.25, 0.3) is 11.0 Å². The van der Waals surface area contributed by atoms with Crippen molar-refractivity contribution >= 4 is 55.8 Å². The largest absolute Gasteiger partial charge is 0.351 e. The summed E-state index contributed by atoms with van der Waals surface area (Å²) >= 11 is 9.43. The van der Waals surface area contributed by atoms with Gasteiger partial charge in [-0.15, -0.1) is 0 Å². The van der Waals surface area contributed by atoms with E-state index in [0.717, 1.165) is 11.5 Å². The second-order valence-electron chi connectivity index (χ2n) is 4.99. The minimum Gasteiger partial charge on any atom is -0.351 e. The maximum Gasteiger partial charge on any atom is 0.279 e. The van der Waals surface area contributed by atoms with E-state index in [-0.39, 0.29) is 16.8 Å². The molecule has 0 atom stereocenters. The number of rotatable bonds is 3. The van der Waals surface area contributed by atoms with Gasteiger partial charge in [-0.1, -0.05) is 27.5 Å². The lowest BCUT2D eigenvalue weighted by Gasteiger charge is -2.16. The van der Waals surface area contributed by atoms with E-state index in [4.69, 9.17) is 11.6 Å². The molecule has 0 aliphatic rings. The van der Waals surface area contributed by atoms with Gasteiger partial charge in [-0.05, 0) is 24.3 Å². The van der Waals surface area contributed by atoms with E-state index < -0.39 is 11.7 Å². The van der Waals surface area contributed by atoms with Crippen LogP contribution in [-0.2, 0) is 0 Å². The van der Waals surface area contributed by atoms with Crippen LogP contribution >= 0.6 is 27.5 Å². The Balaban J connectivity index is 2.18. The number of carbonyl (C=O) groups is 1. The van der Waals surface area contributed by atoms with Crippen molar-refractivity contribution in [1.82, 2.24) is 15.0 Å². The highest BCUT2D eigenvalue weighted by Crippen LogP contribution is 2.34. The Morgan fingerprint density at radius 2 is 2.21 bits per heavy atom. The third-order valence-electron chi connectivity index (χ3n) is 3.37. The summed E-state index contributed by atoms with van der Waals surface area (Å²) in [5.41, 5.74) is 0.634. The van der Waals surface area contributed by atoms with Gasteiger partial charge in [0.05, 0.1) is 33.8 Å². The fourth-order valence-corrected chi connectivity index (χ4v) is 2.95. The Morgan fingerprint density at radius 3 is 2.88 bits per heavy atom. The molecule has 0 saturated carbocycles. The zero-order chi connectivity index (χ0) is 17.4. The minimum absolute atomic E-state index is 0.0618. The second kappa shape index (κ2) is 6.39. The molecule has 1 amide bonds. The van der Waals surface area contributed by atoms with Crippen LogP contribution in [0.1, 0.15) is 10.4 Å². The average Bonchev–Trinajstić information content (AvgIpc) is 3.00. The van der Waals surface area contributed by atoms with Crippen LogP contribution in [0.15, 0.2) is 35.1 Å². The van der Waals surface area contributed by atoms with Crippen molar-refractivity contribution in [3.63, 3.8) is 0 Å². The SMILES string of the molecule is CN(O)C(=O)c1cc2[nH]cnc2c(F)c1Nc1ccc(Br)cc1Cl. The number of hydroxylamine groups is 2. The number of halogens is 3. The summed E-state index contributed by atoms with van der Waals surface area (Å²) in [5.74, 6) is -1.50. The standard InChI is InChI=1S/C15H11BrClFN4O2/c1-22(24)15(23)8-5-11-14(20-6-19-11)12(18)13(8)21-10-3-2-7(16)4-9(10)17/h2-6,21,24H,1H3,(H,19,20). The lowest BCUT2D eigenvalue weighted by molar-refractivity contribution is -0.0374. The van der Waals surface area contributed by atoms with E-state index in [9.17, 15) is 14.4 Å². The number of nitrogens with one attached hydrogen (secondary N) is 2. The quantitative estimate of drug-likeness (QED) is 0.441. The van der Waals surface area contributed by atoms with Crippen molar-refractivity contribution in [1.29, 1.82) is 0 Å². The molecular formula is C15H11BrClFN4O2. The van der Waals surface area contributed by atoms with Crippen LogP contribution in [0.2, 0.25) is 5.02 Å². The van der Waals surface area contributed by atoms with Gasteiger partial charge in [-0.25, -0.2) is 14.4 Å². The van der Waals surface area contributed by atoms with Gasteiger partial charge in [0, 0.05) is 11.5 Å². The summed E-state index contributed by atoms with van der Waals surface area (Å²) in [6, 6.07) is 6.40. The van der Waals surface area contributed by atoms with Crippen LogP contribution in [0.3, 0.4) is 0 Å². The van der Waals surface area contributed by atoms with E-state index in [0.29, 0.717) is 21.3 Å². The second-order valence-corrected chi connectivity index (χ2v) is 6.31. The number of anilines is 2. The monoisotopic (exact) mass is 412 g/mol. The first-order valence-electron chi connectivity index (χ1n) is 6.73. The van der Waals surface area contributed by atoms with Gasteiger partial charge in [0.25, 0.3) is 5.91 Å². The van der Waals surface area contributed by atoms with Crippen molar-refractivity contribution < 1.29 is 14.4 Å². The van der Waals surface area contributed by atoms with Crippen molar-refractivity contribution in [3.8, 4) is 0 Å². The highest BCUT2D eigenvalue weighted by Gasteiger charge is 2.22. The first kappa shape index (κ1) is 16.7. The number of benzene rings is 2. The van der Waals surface area contributed by atoms with Gasteiger partial charge in [0.2, 0.25) is 0 Å². The Hall–Kier alpha value is -2.16. The van der Waals surface area contributed by atoms with Gasteiger partial charge in [0.15, 0.2) is 5.82 Å². The topological polar surface area (TPSA) is 81.2 Å². The minimum atomic E-state index is -0.777. The molecule has 0 unspecified atom stereocenters. The van der Waals surface area contributed by atoms with Gasteiger partial charge >= 0.3 is 0 Å². The molecule has 1 heterocycles. The predicted molar refractivity (Wildman–Crippen MR) is 92.4 cm³/mol. The molecule has 6 nitrogen and oxygen atoms in total. The van der Waals surface area contributed by atoms with Crippen molar-refractivity contribution in [2.24, 2.45) is 0 Å². The van der Waals surface area contributed by atoms with Gasteiger partial charge in [-0.3, -0.25) is 10.0 Å². The number of amides is 1. The molecule has 1 aromatic heterocycles. The highest BCUT2D eigenvalue weighted by molar-refractivity contribution is 9.10. The molecule has 0 aliphatic carbocycles. The van der Waals surface area contributed by atoms with E-state index in [1.165, 1.54) is 12.4 Å². The lowest BCUT2D eigenvalue weighted by atomic mass is 10.1. The van der Waals surface area contributed by atoms with Crippen molar-refractivity contribution in [2.75, 3.05) is 12.4 Å². The lowest BCUT2D eigenvalue weighted by Crippen LogP contribution is -2.23. The maximum atomic E-state index is 14.8. The Kier molecular flexibility index (Phi) is 4.44. The van der Waals surface area contributed by atoms with Crippen LogP contribution < -0.4 is 5.32 Å². The molecule has 0 fully saturated rings. The van der Waals surface area contributed by atoms with Crippen LogP contribution in [0.4, 0.5) is 15.8 Å². The molecule has 24 heavy (non-hydrogen) atoms. The normalized spacial score (nSPS) is 10.9. The number of nitrogens with zero attached hydrogens (tertiary/aromatic N) is 2. The molecule has 0 radical (unpaired) electrons. The number of hydrogen-bond donors (Lipinski definition) is 3. The molecule has 124 valence electrons. The first-order chi connectivity index (χ1) is 11.4. The number of fused-ring (bicyclic) bond motifs is 1. The van der Waals surface area contributed by atoms with Crippen LogP contribution in [0, 0.1) is 5.82 Å². The third kappa shape index (κ3) is 2.95. The number of aromatic amines is 1. The number of aromatic nitrogens is 2. The molecule has 0 saturated heterocycles. The van der Waals surface area contributed by atoms with Crippen LogP contribution in [-0.4, -0.2) is 33.2 Å². The molecule has 0 bridgehead atoms. The van der Waals surface area contributed by atoms with Crippen molar-refractivity contribution in [3.05, 3.63) is 51.5 Å². The average molecular weight is 414 g/mol. The zero-order valence-electron chi connectivity index (χ0n) is 12.3. The number of H-pyrrole nitrogens is 1. The van der Waals surface area contributed by atoms with Crippen molar-refractivity contribution in [2.45, 2.75) is 0 Å². The fourth-order valence-electron chi connectivity index (χ4n) is 2.23. The van der Waals surface area contributed by atoms with Crippen LogP contribution in [0.5, 0.6) is 0 Å². The fraction of sp³-hybridized carbons (Fsp3) is 0.0667. The molecule has 3 aromatic rings. The smallest absolute Gasteiger partial charge is 0.279 e. The number of imidazole rings is 1. The van der Waals surface area contributed by atoms with Gasteiger partial charge in [0.1, 0.15) is 5.52 Å². The first-order valence-corrected chi connectivity index (χ1v) is 7.90. The molecule has 3 rings (SSSR count).